The van der Waals surface area contributed by atoms with E-state index < -0.39 is 0 Å². The van der Waals surface area contributed by atoms with Crippen molar-refractivity contribution in [2.45, 2.75) is 19.9 Å². The molecule has 0 spiro atoms. The van der Waals surface area contributed by atoms with E-state index in [4.69, 9.17) is 5.73 Å². The van der Waals surface area contributed by atoms with Crippen molar-refractivity contribution < 1.29 is 0 Å². The van der Waals surface area contributed by atoms with E-state index in [-0.39, 0.29) is 6.04 Å². The number of rotatable bonds is 3. The lowest BCUT2D eigenvalue weighted by molar-refractivity contribution is 0.944. The summed E-state index contributed by atoms with van der Waals surface area (Å²) in [5.41, 5.74) is 9.38. The lowest BCUT2D eigenvalue weighted by atomic mass is 9.95. The molecule has 0 bridgehead atoms. The van der Waals surface area contributed by atoms with E-state index in [1.54, 1.807) is 0 Å². The van der Waals surface area contributed by atoms with Crippen LogP contribution < -0.4 is 5.73 Å². The minimum Gasteiger partial charge on any atom is -0.324 e. The topological polar surface area (TPSA) is 26.0 Å². The second kappa shape index (κ2) is 4.77. The van der Waals surface area contributed by atoms with Crippen LogP contribution in [0.2, 0.25) is 0 Å². The van der Waals surface area contributed by atoms with Gasteiger partial charge in [-0.2, -0.15) is 0 Å². The monoisotopic (exact) mass is 187 g/mol. The summed E-state index contributed by atoms with van der Waals surface area (Å²) in [6, 6.07) is 8.22. The van der Waals surface area contributed by atoms with Crippen LogP contribution in [0.5, 0.6) is 0 Å². The first-order valence-corrected chi connectivity index (χ1v) is 4.84. The maximum Gasteiger partial charge on any atom is 0.0268 e. The number of benzene rings is 1. The van der Waals surface area contributed by atoms with Crippen molar-refractivity contribution in [3.63, 3.8) is 0 Å². The van der Waals surface area contributed by atoms with Crippen LogP contribution in [0.1, 0.15) is 25.0 Å². The van der Waals surface area contributed by atoms with Gasteiger partial charge in [-0.1, -0.05) is 43.0 Å². The van der Waals surface area contributed by atoms with Gasteiger partial charge in [-0.25, -0.2) is 0 Å². The number of hydrogen-bond donors (Lipinski definition) is 1. The minimum atomic E-state index is 0.0566. The first-order chi connectivity index (χ1) is 6.70. The minimum absolute atomic E-state index is 0.0566. The third-order valence-electron chi connectivity index (χ3n) is 2.29. The maximum absolute atomic E-state index is 5.90. The molecule has 0 aromatic heterocycles. The van der Waals surface area contributed by atoms with Gasteiger partial charge in [0, 0.05) is 6.04 Å². The molecule has 1 atom stereocenters. The van der Waals surface area contributed by atoms with Gasteiger partial charge in [0.15, 0.2) is 0 Å². The van der Waals surface area contributed by atoms with E-state index in [1.165, 1.54) is 11.1 Å². The van der Waals surface area contributed by atoms with E-state index >= 15 is 0 Å². The quantitative estimate of drug-likeness (QED) is 0.773. The average molecular weight is 187 g/mol. The van der Waals surface area contributed by atoms with Crippen LogP contribution in [0.3, 0.4) is 0 Å². The Hall–Kier alpha value is -1.34. The lowest BCUT2D eigenvalue weighted by Gasteiger charge is -2.13. The summed E-state index contributed by atoms with van der Waals surface area (Å²) in [6.45, 7) is 7.81. The van der Waals surface area contributed by atoms with Crippen LogP contribution in [0.4, 0.5) is 0 Å². The molecule has 1 aromatic rings. The summed E-state index contributed by atoms with van der Waals surface area (Å²) in [4.78, 5) is 0. The Kier molecular flexibility index (Phi) is 3.66. The standard InChI is InChI=1S/C13H17N/c1-4-11-8-6-7-9-13(11)12(5-2)10(3)14/h4-10H,1,14H2,2-3H3/b12-5-. The lowest BCUT2D eigenvalue weighted by Crippen LogP contribution is -2.17. The highest BCUT2D eigenvalue weighted by molar-refractivity contribution is 5.76. The van der Waals surface area contributed by atoms with Gasteiger partial charge in [-0.3, -0.25) is 0 Å². The van der Waals surface area contributed by atoms with Crippen molar-refractivity contribution in [1.82, 2.24) is 0 Å². The highest BCUT2D eigenvalue weighted by Gasteiger charge is 2.07. The first kappa shape index (κ1) is 10.7. The molecule has 1 rings (SSSR count). The molecule has 1 nitrogen and oxygen atoms in total. The second-order valence-corrected chi connectivity index (χ2v) is 3.32. The molecule has 0 radical (unpaired) electrons. The largest absolute Gasteiger partial charge is 0.324 e. The molecule has 0 aliphatic rings. The molecule has 2 N–H and O–H groups in total. The molecule has 74 valence electrons. The molecule has 1 unspecified atom stereocenters. The van der Waals surface area contributed by atoms with Gasteiger partial charge in [-0.15, -0.1) is 0 Å². The third kappa shape index (κ3) is 2.12. The van der Waals surface area contributed by atoms with Crippen molar-refractivity contribution in [2.24, 2.45) is 5.73 Å². The van der Waals surface area contributed by atoms with Crippen LogP contribution in [-0.2, 0) is 0 Å². The molecule has 1 heteroatoms. The van der Waals surface area contributed by atoms with Crippen LogP contribution in [0.15, 0.2) is 36.9 Å². The number of allylic oxidation sites excluding steroid dienone is 1. The Morgan fingerprint density at radius 1 is 1.43 bits per heavy atom. The molecular formula is C13H17N. The molecule has 0 aliphatic heterocycles. The van der Waals surface area contributed by atoms with Gasteiger partial charge in [0.2, 0.25) is 0 Å². The highest BCUT2D eigenvalue weighted by Crippen LogP contribution is 2.22. The SMILES string of the molecule is C=Cc1ccccc1/C(=C\C)C(C)N. The normalized spacial score (nSPS) is 13.8. The maximum atomic E-state index is 5.90. The Balaban J connectivity index is 3.23. The molecular weight excluding hydrogens is 170 g/mol. The van der Waals surface area contributed by atoms with Crippen molar-refractivity contribution in [3.05, 3.63) is 48.0 Å². The van der Waals surface area contributed by atoms with E-state index in [0.29, 0.717) is 0 Å². The van der Waals surface area contributed by atoms with Crippen LogP contribution in [-0.4, -0.2) is 6.04 Å². The van der Waals surface area contributed by atoms with Gasteiger partial charge in [0.25, 0.3) is 0 Å². The number of nitrogens with two attached hydrogens (primary N) is 1. The zero-order valence-electron chi connectivity index (χ0n) is 8.83. The van der Waals surface area contributed by atoms with E-state index in [9.17, 15) is 0 Å². The predicted octanol–water partition coefficient (Wildman–Crippen LogP) is 3.08. The number of hydrogen-bond acceptors (Lipinski definition) is 1. The van der Waals surface area contributed by atoms with Crippen LogP contribution >= 0.6 is 0 Å². The Morgan fingerprint density at radius 3 is 2.57 bits per heavy atom. The predicted molar refractivity (Wildman–Crippen MR) is 63.8 cm³/mol. The van der Waals surface area contributed by atoms with E-state index in [0.717, 1.165) is 5.56 Å². The second-order valence-electron chi connectivity index (χ2n) is 3.32. The van der Waals surface area contributed by atoms with Crippen molar-refractivity contribution in [1.29, 1.82) is 0 Å². The van der Waals surface area contributed by atoms with E-state index in [2.05, 4.69) is 18.7 Å². The molecule has 0 amide bonds. The Morgan fingerprint density at radius 2 is 2.07 bits per heavy atom. The molecule has 0 aliphatic carbocycles. The summed E-state index contributed by atoms with van der Waals surface area (Å²) in [5, 5.41) is 0. The molecule has 14 heavy (non-hydrogen) atoms. The fourth-order valence-corrected chi connectivity index (χ4v) is 1.60. The third-order valence-corrected chi connectivity index (χ3v) is 2.29. The fourth-order valence-electron chi connectivity index (χ4n) is 1.60. The molecule has 0 fully saturated rings. The van der Waals surface area contributed by atoms with Gasteiger partial charge in [-0.05, 0) is 30.5 Å². The van der Waals surface area contributed by atoms with Crippen molar-refractivity contribution >= 4 is 11.6 Å². The molecule has 0 saturated heterocycles. The van der Waals surface area contributed by atoms with Crippen molar-refractivity contribution in [2.75, 3.05) is 0 Å². The zero-order chi connectivity index (χ0) is 10.6. The molecule has 1 aromatic carbocycles. The zero-order valence-corrected chi connectivity index (χ0v) is 8.83. The van der Waals surface area contributed by atoms with Crippen LogP contribution in [0.25, 0.3) is 11.6 Å². The van der Waals surface area contributed by atoms with Crippen molar-refractivity contribution in [3.8, 4) is 0 Å². The fraction of sp³-hybridized carbons (Fsp3) is 0.231. The summed E-state index contributed by atoms with van der Waals surface area (Å²) in [7, 11) is 0. The van der Waals surface area contributed by atoms with Gasteiger partial charge in [0.1, 0.15) is 0 Å². The van der Waals surface area contributed by atoms with Crippen LogP contribution in [0, 0.1) is 0 Å². The summed E-state index contributed by atoms with van der Waals surface area (Å²) >= 11 is 0. The Bertz CT molecular complexity index is 348. The average Bonchev–Trinajstić information content (AvgIpc) is 2.19. The smallest absolute Gasteiger partial charge is 0.0268 e. The molecule has 0 heterocycles. The Labute approximate surface area is 85.9 Å². The highest BCUT2D eigenvalue weighted by atomic mass is 14.6. The first-order valence-electron chi connectivity index (χ1n) is 4.84. The summed E-state index contributed by atoms with van der Waals surface area (Å²) in [6.07, 6.45) is 3.92. The van der Waals surface area contributed by atoms with Gasteiger partial charge >= 0.3 is 0 Å². The van der Waals surface area contributed by atoms with Gasteiger partial charge in [0.05, 0.1) is 0 Å². The summed E-state index contributed by atoms with van der Waals surface area (Å²) < 4.78 is 0. The summed E-state index contributed by atoms with van der Waals surface area (Å²) in [5.74, 6) is 0. The molecule has 0 saturated carbocycles. The van der Waals surface area contributed by atoms with E-state index in [1.807, 2.05) is 38.1 Å². The van der Waals surface area contributed by atoms with Gasteiger partial charge < -0.3 is 5.73 Å².